The largest absolute Gasteiger partial charge is 0.481 e. The van der Waals surface area contributed by atoms with Gasteiger partial charge in [-0.15, -0.1) is 0 Å². The average Bonchev–Trinajstić information content (AvgIpc) is 2.47. The molecule has 0 atom stereocenters. The highest BCUT2D eigenvalue weighted by atomic mass is 16.5. The lowest BCUT2D eigenvalue weighted by atomic mass is 9.96. The lowest BCUT2D eigenvalue weighted by Crippen LogP contribution is -2.38. The van der Waals surface area contributed by atoms with Crippen LogP contribution >= 0.6 is 0 Å². The lowest BCUT2D eigenvalue weighted by molar-refractivity contribution is 0.172. The summed E-state index contributed by atoms with van der Waals surface area (Å²) in [6.45, 7) is 8.85. The summed E-state index contributed by atoms with van der Waals surface area (Å²) in [7, 11) is 1.67. The van der Waals surface area contributed by atoms with Crippen LogP contribution in [0.3, 0.4) is 0 Å². The SMILES string of the molecule is COc1cccc(CN2CCC(CNC(C)C)CC2)n1. The molecule has 1 saturated heterocycles. The van der Waals surface area contributed by atoms with Gasteiger partial charge in [0.15, 0.2) is 0 Å². The molecule has 0 unspecified atom stereocenters. The summed E-state index contributed by atoms with van der Waals surface area (Å²) in [5, 5.41) is 3.55. The molecule has 1 aliphatic rings. The molecule has 0 aliphatic carbocycles. The third kappa shape index (κ3) is 4.76. The van der Waals surface area contributed by atoms with E-state index in [2.05, 4.69) is 35.1 Å². The van der Waals surface area contributed by atoms with Crippen LogP contribution in [-0.4, -0.2) is 42.7 Å². The molecule has 1 fully saturated rings. The van der Waals surface area contributed by atoms with Crippen molar-refractivity contribution in [1.29, 1.82) is 0 Å². The molecule has 0 amide bonds. The molecule has 4 heteroatoms. The van der Waals surface area contributed by atoms with Gasteiger partial charge in [-0.1, -0.05) is 19.9 Å². The number of hydrogen-bond acceptors (Lipinski definition) is 4. The minimum atomic E-state index is 0.592. The number of likely N-dealkylation sites (tertiary alicyclic amines) is 1. The van der Waals surface area contributed by atoms with Crippen molar-refractivity contribution in [2.24, 2.45) is 5.92 Å². The van der Waals surface area contributed by atoms with Crippen molar-refractivity contribution in [3.63, 3.8) is 0 Å². The highest BCUT2D eigenvalue weighted by molar-refractivity contribution is 5.15. The normalized spacial score (nSPS) is 17.6. The van der Waals surface area contributed by atoms with Gasteiger partial charge in [-0.05, 0) is 44.5 Å². The lowest BCUT2D eigenvalue weighted by Gasteiger charge is -2.32. The van der Waals surface area contributed by atoms with Crippen LogP contribution in [0.5, 0.6) is 5.88 Å². The van der Waals surface area contributed by atoms with Gasteiger partial charge in [0, 0.05) is 18.7 Å². The second-order valence-corrected chi connectivity index (χ2v) is 5.95. The molecule has 20 heavy (non-hydrogen) atoms. The summed E-state index contributed by atoms with van der Waals surface area (Å²) in [4.78, 5) is 6.98. The standard InChI is InChI=1S/C16H27N3O/c1-13(2)17-11-14-7-9-19(10-8-14)12-15-5-4-6-16(18-15)20-3/h4-6,13-14,17H,7-12H2,1-3H3. The van der Waals surface area contributed by atoms with Gasteiger partial charge in [-0.25, -0.2) is 4.98 Å². The fraction of sp³-hybridized carbons (Fsp3) is 0.688. The van der Waals surface area contributed by atoms with Crippen LogP contribution in [0.15, 0.2) is 18.2 Å². The molecule has 2 heterocycles. The minimum absolute atomic E-state index is 0.592. The first-order chi connectivity index (χ1) is 9.67. The first kappa shape index (κ1) is 15.3. The molecule has 2 rings (SSSR count). The Morgan fingerprint density at radius 3 is 2.75 bits per heavy atom. The smallest absolute Gasteiger partial charge is 0.213 e. The molecule has 1 N–H and O–H groups in total. The third-order valence-corrected chi connectivity index (χ3v) is 3.90. The summed E-state index contributed by atoms with van der Waals surface area (Å²) in [5.74, 6) is 1.53. The molecule has 0 radical (unpaired) electrons. The maximum Gasteiger partial charge on any atom is 0.213 e. The number of ether oxygens (including phenoxy) is 1. The molecule has 1 aromatic rings. The van der Waals surface area contributed by atoms with Gasteiger partial charge in [0.1, 0.15) is 0 Å². The highest BCUT2D eigenvalue weighted by Gasteiger charge is 2.19. The molecule has 0 aromatic carbocycles. The van der Waals surface area contributed by atoms with E-state index in [4.69, 9.17) is 4.74 Å². The number of pyridine rings is 1. The van der Waals surface area contributed by atoms with E-state index in [0.29, 0.717) is 11.9 Å². The number of methoxy groups -OCH3 is 1. The monoisotopic (exact) mass is 277 g/mol. The molecular weight excluding hydrogens is 250 g/mol. The van der Waals surface area contributed by atoms with Crippen LogP contribution in [0.1, 0.15) is 32.4 Å². The number of rotatable bonds is 6. The first-order valence-corrected chi connectivity index (χ1v) is 7.63. The van der Waals surface area contributed by atoms with E-state index >= 15 is 0 Å². The van der Waals surface area contributed by atoms with Crippen molar-refractivity contribution >= 4 is 0 Å². The molecule has 0 saturated carbocycles. The molecule has 4 nitrogen and oxygen atoms in total. The van der Waals surface area contributed by atoms with E-state index in [1.807, 2.05) is 12.1 Å². The van der Waals surface area contributed by atoms with Crippen LogP contribution in [0.2, 0.25) is 0 Å². The zero-order valence-electron chi connectivity index (χ0n) is 12.9. The predicted molar refractivity (Wildman–Crippen MR) is 81.9 cm³/mol. The molecule has 0 spiro atoms. The predicted octanol–water partition coefficient (Wildman–Crippen LogP) is 2.30. The van der Waals surface area contributed by atoms with E-state index in [-0.39, 0.29) is 0 Å². The van der Waals surface area contributed by atoms with Crippen molar-refractivity contribution in [1.82, 2.24) is 15.2 Å². The van der Waals surface area contributed by atoms with Crippen molar-refractivity contribution in [3.8, 4) is 5.88 Å². The van der Waals surface area contributed by atoms with E-state index in [9.17, 15) is 0 Å². The summed E-state index contributed by atoms with van der Waals surface area (Å²) in [5.41, 5.74) is 1.10. The van der Waals surface area contributed by atoms with Crippen molar-refractivity contribution < 1.29 is 4.74 Å². The zero-order valence-corrected chi connectivity index (χ0v) is 12.9. The van der Waals surface area contributed by atoms with Crippen molar-refractivity contribution in [2.75, 3.05) is 26.7 Å². The summed E-state index contributed by atoms with van der Waals surface area (Å²) in [6.07, 6.45) is 2.56. The Hall–Kier alpha value is -1.13. The number of nitrogens with one attached hydrogen (secondary N) is 1. The van der Waals surface area contributed by atoms with Crippen LogP contribution in [0.25, 0.3) is 0 Å². The minimum Gasteiger partial charge on any atom is -0.481 e. The van der Waals surface area contributed by atoms with Gasteiger partial charge < -0.3 is 10.1 Å². The second-order valence-electron chi connectivity index (χ2n) is 5.95. The Labute approximate surface area is 122 Å². The summed E-state index contributed by atoms with van der Waals surface area (Å²) in [6, 6.07) is 6.58. The summed E-state index contributed by atoms with van der Waals surface area (Å²) >= 11 is 0. The number of aromatic nitrogens is 1. The maximum atomic E-state index is 5.18. The Morgan fingerprint density at radius 1 is 1.35 bits per heavy atom. The molecular formula is C16H27N3O. The second kappa shape index (κ2) is 7.60. The van der Waals surface area contributed by atoms with Crippen molar-refractivity contribution in [2.45, 2.75) is 39.3 Å². The topological polar surface area (TPSA) is 37.4 Å². The molecule has 0 bridgehead atoms. The summed E-state index contributed by atoms with van der Waals surface area (Å²) < 4.78 is 5.18. The van der Waals surface area contributed by atoms with E-state index < -0.39 is 0 Å². The van der Waals surface area contributed by atoms with Gasteiger partial charge in [0.05, 0.1) is 12.8 Å². The Bertz CT molecular complexity index is 400. The van der Waals surface area contributed by atoms with Crippen LogP contribution in [0.4, 0.5) is 0 Å². The zero-order chi connectivity index (χ0) is 14.4. The number of nitrogens with zero attached hydrogens (tertiary/aromatic N) is 2. The van der Waals surface area contributed by atoms with Crippen LogP contribution in [0, 0.1) is 5.92 Å². The van der Waals surface area contributed by atoms with Crippen LogP contribution < -0.4 is 10.1 Å². The van der Waals surface area contributed by atoms with E-state index in [1.54, 1.807) is 7.11 Å². The fourth-order valence-corrected chi connectivity index (χ4v) is 2.64. The van der Waals surface area contributed by atoms with Gasteiger partial charge >= 0.3 is 0 Å². The number of piperidine rings is 1. The van der Waals surface area contributed by atoms with Crippen molar-refractivity contribution in [3.05, 3.63) is 23.9 Å². The first-order valence-electron chi connectivity index (χ1n) is 7.63. The quantitative estimate of drug-likeness (QED) is 0.866. The van der Waals surface area contributed by atoms with Gasteiger partial charge in [0.2, 0.25) is 5.88 Å². The maximum absolute atomic E-state index is 5.18. The Balaban J connectivity index is 1.76. The number of hydrogen-bond donors (Lipinski definition) is 1. The Morgan fingerprint density at radius 2 is 2.10 bits per heavy atom. The van der Waals surface area contributed by atoms with Gasteiger partial charge in [-0.3, -0.25) is 4.90 Å². The fourth-order valence-electron chi connectivity index (χ4n) is 2.64. The van der Waals surface area contributed by atoms with E-state index in [0.717, 1.165) is 24.7 Å². The molecule has 1 aliphatic heterocycles. The van der Waals surface area contributed by atoms with Gasteiger partial charge in [-0.2, -0.15) is 0 Å². The molecule has 1 aromatic heterocycles. The van der Waals surface area contributed by atoms with Crippen LogP contribution in [-0.2, 0) is 6.54 Å². The van der Waals surface area contributed by atoms with Gasteiger partial charge in [0.25, 0.3) is 0 Å². The Kier molecular flexibility index (Phi) is 5.80. The van der Waals surface area contributed by atoms with E-state index in [1.165, 1.54) is 25.9 Å². The third-order valence-electron chi connectivity index (χ3n) is 3.90. The highest BCUT2D eigenvalue weighted by Crippen LogP contribution is 2.18. The molecule has 112 valence electrons. The average molecular weight is 277 g/mol.